The standard InChI is InChI=1S/C20H23BrN2O4/c21-18-10-9-17(27-18)20(25)23-13-19(24)22-12-14-5-4-8-16(11-14)26-15-6-2-1-3-7-15/h4-5,8-11,15H,1-3,6-7,12-13H2,(H,22,24)(H,23,25). The van der Waals surface area contributed by atoms with Crippen LogP contribution in [0.2, 0.25) is 0 Å². The second-order valence-electron chi connectivity index (χ2n) is 6.59. The molecule has 27 heavy (non-hydrogen) atoms. The van der Waals surface area contributed by atoms with Crippen molar-refractivity contribution in [1.82, 2.24) is 10.6 Å². The molecule has 1 heterocycles. The number of carbonyl (C=O) groups is 2. The molecule has 2 N–H and O–H groups in total. The molecule has 0 atom stereocenters. The summed E-state index contributed by atoms with van der Waals surface area (Å²) in [6, 6.07) is 10.9. The Morgan fingerprint density at radius 1 is 1.11 bits per heavy atom. The number of rotatable bonds is 7. The van der Waals surface area contributed by atoms with Crippen molar-refractivity contribution in [2.45, 2.75) is 44.8 Å². The van der Waals surface area contributed by atoms with Gasteiger partial charge in [0.05, 0.1) is 12.6 Å². The number of carbonyl (C=O) groups excluding carboxylic acids is 2. The summed E-state index contributed by atoms with van der Waals surface area (Å²) >= 11 is 3.13. The summed E-state index contributed by atoms with van der Waals surface area (Å²) in [7, 11) is 0. The Kier molecular flexibility index (Phi) is 6.92. The lowest BCUT2D eigenvalue weighted by molar-refractivity contribution is -0.120. The molecule has 3 rings (SSSR count). The van der Waals surface area contributed by atoms with Crippen molar-refractivity contribution >= 4 is 27.7 Å². The zero-order chi connectivity index (χ0) is 19.1. The van der Waals surface area contributed by atoms with E-state index in [2.05, 4.69) is 26.6 Å². The molecule has 6 nitrogen and oxygen atoms in total. The molecule has 1 aliphatic carbocycles. The normalized spacial score (nSPS) is 14.6. The first-order valence-corrected chi connectivity index (χ1v) is 9.95. The van der Waals surface area contributed by atoms with Gasteiger partial charge in [-0.05, 0) is 71.4 Å². The third-order valence-electron chi connectivity index (χ3n) is 4.45. The molecule has 7 heteroatoms. The van der Waals surface area contributed by atoms with Gasteiger partial charge in [-0.1, -0.05) is 18.6 Å². The van der Waals surface area contributed by atoms with E-state index in [1.807, 2.05) is 24.3 Å². The Morgan fingerprint density at radius 3 is 2.67 bits per heavy atom. The van der Waals surface area contributed by atoms with Crippen molar-refractivity contribution in [3.8, 4) is 5.75 Å². The summed E-state index contributed by atoms with van der Waals surface area (Å²) in [4.78, 5) is 23.8. The predicted octanol–water partition coefficient (Wildman–Crippen LogP) is 3.80. The maximum absolute atomic E-state index is 12.0. The first-order chi connectivity index (χ1) is 13.1. The molecule has 0 spiro atoms. The summed E-state index contributed by atoms with van der Waals surface area (Å²) in [5.41, 5.74) is 0.956. The Bertz CT molecular complexity index is 784. The Morgan fingerprint density at radius 2 is 1.93 bits per heavy atom. The Hall–Kier alpha value is -2.28. The molecule has 0 radical (unpaired) electrons. The van der Waals surface area contributed by atoms with Crippen LogP contribution in [0.1, 0.15) is 48.2 Å². The van der Waals surface area contributed by atoms with Gasteiger partial charge < -0.3 is 19.8 Å². The fourth-order valence-electron chi connectivity index (χ4n) is 3.05. The molecule has 0 bridgehead atoms. The molecule has 0 unspecified atom stereocenters. The summed E-state index contributed by atoms with van der Waals surface area (Å²) < 4.78 is 11.7. The predicted molar refractivity (Wildman–Crippen MR) is 105 cm³/mol. The third kappa shape index (κ3) is 6.13. The van der Waals surface area contributed by atoms with E-state index < -0.39 is 5.91 Å². The van der Waals surface area contributed by atoms with Crippen LogP contribution in [0.4, 0.5) is 0 Å². The van der Waals surface area contributed by atoms with Crippen LogP contribution in [-0.4, -0.2) is 24.5 Å². The number of hydrogen-bond donors (Lipinski definition) is 2. The number of hydrogen-bond acceptors (Lipinski definition) is 4. The summed E-state index contributed by atoms with van der Waals surface area (Å²) in [6.45, 7) is 0.262. The highest BCUT2D eigenvalue weighted by Crippen LogP contribution is 2.23. The zero-order valence-corrected chi connectivity index (χ0v) is 16.6. The van der Waals surface area contributed by atoms with Crippen molar-refractivity contribution < 1.29 is 18.7 Å². The van der Waals surface area contributed by atoms with E-state index in [1.165, 1.54) is 25.3 Å². The van der Waals surface area contributed by atoms with Gasteiger partial charge in [0.1, 0.15) is 5.75 Å². The maximum atomic E-state index is 12.0. The van der Waals surface area contributed by atoms with Crippen LogP contribution in [0.25, 0.3) is 0 Å². The molecule has 144 valence electrons. The van der Waals surface area contributed by atoms with Crippen LogP contribution in [0.3, 0.4) is 0 Å². The van der Waals surface area contributed by atoms with E-state index in [0.29, 0.717) is 17.3 Å². The molecule has 1 aliphatic rings. The lowest BCUT2D eigenvalue weighted by Crippen LogP contribution is -2.36. The van der Waals surface area contributed by atoms with Gasteiger partial charge in [0.2, 0.25) is 5.91 Å². The van der Waals surface area contributed by atoms with E-state index in [4.69, 9.17) is 9.15 Å². The highest BCUT2D eigenvalue weighted by atomic mass is 79.9. The van der Waals surface area contributed by atoms with Crippen molar-refractivity contribution in [1.29, 1.82) is 0 Å². The number of benzene rings is 1. The van der Waals surface area contributed by atoms with Gasteiger partial charge in [-0.2, -0.15) is 0 Å². The van der Waals surface area contributed by atoms with E-state index in [0.717, 1.165) is 24.2 Å². The first kappa shape index (κ1) is 19.5. The molecular formula is C20H23BrN2O4. The van der Waals surface area contributed by atoms with Crippen LogP contribution >= 0.6 is 15.9 Å². The lowest BCUT2D eigenvalue weighted by atomic mass is 9.98. The van der Waals surface area contributed by atoms with Crippen molar-refractivity contribution in [3.63, 3.8) is 0 Å². The van der Waals surface area contributed by atoms with Crippen LogP contribution in [0, 0.1) is 0 Å². The number of amides is 2. The second kappa shape index (κ2) is 9.60. The molecule has 1 fully saturated rings. The molecule has 1 saturated carbocycles. The van der Waals surface area contributed by atoms with E-state index >= 15 is 0 Å². The molecule has 0 aliphatic heterocycles. The SMILES string of the molecule is O=C(CNC(=O)c1ccc(Br)o1)NCc1cccc(OC2CCCCC2)c1. The van der Waals surface area contributed by atoms with Gasteiger partial charge in [-0.3, -0.25) is 9.59 Å². The quantitative estimate of drug-likeness (QED) is 0.694. The van der Waals surface area contributed by atoms with E-state index in [-0.39, 0.29) is 18.2 Å². The summed E-state index contributed by atoms with van der Waals surface area (Å²) in [5, 5.41) is 5.32. The molecule has 2 aromatic rings. The van der Waals surface area contributed by atoms with Gasteiger partial charge in [0.25, 0.3) is 5.91 Å². The van der Waals surface area contributed by atoms with Crippen LogP contribution in [-0.2, 0) is 11.3 Å². The van der Waals surface area contributed by atoms with Gasteiger partial charge in [-0.25, -0.2) is 0 Å². The Balaban J connectivity index is 1.43. The maximum Gasteiger partial charge on any atom is 0.287 e. The van der Waals surface area contributed by atoms with Gasteiger partial charge in [0.15, 0.2) is 10.4 Å². The van der Waals surface area contributed by atoms with Crippen molar-refractivity contribution in [2.24, 2.45) is 0 Å². The van der Waals surface area contributed by atoms with Crippen LogP contribution < -0.4 is 15.4 Å². The van der Waals surface area contributed by atoms with E-state index in [1.54, 1.807) is 6.07 Å². The topological polar surface area (TPSA) is 80.6 Å². The number of nitrogens with one attached hydrogen (secondary N) is 2. The fourth-order valence-corrected chi connectivity index (χ4v) is 3.36. The minimum Gasteiger partial charge on any atom is -0.490 e. The summed E-state index contributed by atoms with van der Waals surface area (Å²) in [6.07, 6.45) is 6.24. The molecular weight excluding hydrogens is 412 g/mol. The first-order valence-electron chi connectivity index (χ1n) is 9.16. The largest absolute Gasteiger partial charge is 0.490 e. The van der Waals surface area contributed by atoms with Crippen LogP contribution in [0.15, 0.2) is 45.5 Å². The molecule has 1 aromatic heterocycles. The minimum absolute atomic E-state index is 0.116. The van der Waals surface area contributed by atoms with Crippen LogP contribution in [0.5, 0.6) is 5.75 Å². The highest BCUT2D eigenvalue weighted by molar-refractivity contribution is 9.10. The number of ether oxygens (including phenoxy) is 1. The van der Waals surface area contributed by atoms with Gasteiger partial charge >= 0.3 is 0 Å². The van der Waals surface area contributed by atoms with Crippen molar-refractivity contribution in [2.75, 3.05) is 6.54 Å². The highest BCUT2D eigenvalue weighted by Gasteiger charge is 2.15. The minimum atomic E-state index is -0.432. The number of halogens is 1. The van der Waals surface area contributed by atoms with Gasteiger partial charge in [0, 0.05) is 6.54 Å². The van der Waals surface area contributed by atoms with Crippen molar-refractivity contribution in [3.05, 3.63) is 52.4 Å². The van der Waals surface area contributed by atoms with E-state index in [9.17, 15) is 9.59 Å². The Labute approximate surface area is 166 Å². The lowest BCUT2D eigenvalue weighted by Gasteiger charge is -2.23. The monoisotopic (exact) mass is 434 g/mol. The number of furan rings is 1. The van der Waals surface area contributed by atoms with Gasteiger partial charge in [-0.15, -0.1) is 0 Å². The zero-order valence-electron chi connectivity index (χ0n) is 15.0. The summed E-state index contributed by atoms with van der Waals surface area (Å²) in [5.74, 6) is 0.291. The fraction of sp³-hybridized carbons (Fsp3) is 0.400. The smallest absolute Gasteiger partial charge is 0.287 e. The molecule has 2 amide bonds. The average molecular weight is 435 g/mol. The molecule has 0 saturated heterocycles. The molecule has 1 aromatic carbocycles. The third-order valence-corrected chi connectivity index (χ3v) is 4.88. The average Bonchev–Trinajstić information content (AvgIpc) is 3.12. The second-order valence-corrected chi connectivity index (χ2v) is 7.37.